The van der Waals surface area contributed by atoms with Gasteiger partial charge in [-0.3, -0.25) is 19.4 Å². The molecule has 4 fully saturated rings. The second kappa shape index (κ2) is 18.2. The van der Waals surface area contributed by atoms with Crippen molar-refractivity contribution in [2.24, 2.45) is 0 Å². The number of imidazole rings is 2. The van der Waals surface area contributed by atoms with Gasteiger partial charge in [0.1, 0.15) is 23.7 Å². The van der Waals surface area contributed by atoms with Gasteiger partial charge in [-0.2, -0.15) is 0 Å². The number of carbonyl (C=O) groups excluding carboxylic acids is 2. The van der Waals surface area contributed by atoms with Crippen LogP contribution in [0.1, 0.15) is 111 Å². The van der Waals surface area contributed by atoms with Crippen molar-refractivity contribution in [3.8, 4) is 33.6 Å². The van der Waals surface area contributed by atoms with Crippen LogP contribution in [0.2, 0.25) is 0 Å². The van der Waals surface area contributed by atoms with Gasteiger partial charge in [-0.1, -0.05) is 122 Å². The predicted molar refractivity (Wildman–Crippen MR) is 244 cm³/mol. The van der Waals surface area contributed by atoms with E-state index in [1.165, 1.54) is 12.8 Å². The Labute approximate surface area is 365 Å². The number of hydrogen-bond donors (Lipinski definition) is 2. The molecule has 10 heteroatoms. The van der Waals surface area contributed by atoms with E-state index >= 15 is 0 Å². The zero-order chi connectivity index (χ0) is 41.8. The third-order valence-electron chi connectivity index (χ3n) is 13.8. The van der Waals surface area contributed by atoms with Crippen LogP contribution in [0.15, 0.2) is 122 Å². The van der Waals surface area contributed by atoms with Crippen molar-refractivity contribution in [3.05, 3.63) is 144 Å². The zero-order valence-electron chi connectivity index (χ0n) is 35.7. The number of piperidine rings is 2. The molecule has 4 aliphatic rings. The van der Waals surface area contributed by atoms with Crippen LogP contribution in [0.3, 0.4) is 0 Å². The minimum absolute atomic E-state index is 0.0629. The third-order valence-corrected chi connectivity index (χ3v) is 13.8. The molecular formula is C52H58N8O2. The fourth-order valence-corrected chi connectivity index (χ4v) is 10.6. The maximum atomic E-state index is 14.4. The number of amides is 2. The molecule has 0 bridgehead atoms. The Balaban J connectivity index is 0.804. The van der Waals surface area contributed by atoms with Gasteiger partial charge in [0.25, 0.3) is 0 Å². The molecule has 6 heterocycles. The smallest absolute Gasteiger partial charge is 0.245 e. The molecular weight excluding hydrogens is 769 g/mol. The van der Waals surface area contributed by atoms with E-state index in [1.807, 2.05) is 48.8 Å². The third kappa shape index (κ3) is 8.26. The molecule has 4 saturated heterocycles. The zero-order valence-corrected chi connectivity index (χ0v) is 35.7. The summed E-state index contributed by atoms with van der Waals surface area (Å²) in [7, 11) is 0. The Kier molecular flexibility index (Phi) is 11.8. The van der Waals surface area contributed by atoms with Gasteiger partial charge in [0.2, 0.25) is 11.8 Å². The molecule has 0 unspecified atom stereocenters. The maximum Gasteiger partial charge on any atom is 0.245 e. The van der Waals surface area contributed by atoms with E-state index in [2.05, 4.69) is 102 Å². The number of carbonyl (C=O) groups is 2. The Hall–Kier alpha value is -5.84. The number of benzene rings is 4. The number of H-pyrrole nitrogens is 2. The minimum atomic E-state index is -0.257. The molecule has 2 N–H and O–H groups in total. The molecule has 0 saturated carbocycles. The molecule has 0 aliphatic carbocycles. The fourth-order valence-electron chi connectivity index (χ4n) is 10.6. The summed E-state index contributed by atoms with van der Waals surface area (Å²) in [6.07, 6.45) is 14.6. The molecule has 2 amide bonds. The highest BCUT2D eigenvalue weighted by molar-refractivity contribution is 5.85. The molecule has 2 aromatic heterocycles. The summed E-state index contributed by atoms with van der Waals surface area (Å²) >= 11 is 0. The summed E-state index contributed by atoms with van der Waals surface area (Å²) in [6.45, 7) is 5.33. The SMILES string of the molecule is O=C([C@@H](c1ccccc1)N1CCCCC1)N1CCC[C@H]1c1ncc(-c2ccc(-c3ccc(-c4cnc([C@@H]5CCCN5C(=O)[C@@H](c5ccccc5)N5CCCCC5)[nH]4)cc3)cc2)[nH]1. The summed E-state index contributed by atoms with van der Waals surface area (Å²) < 4.78 is 0. The van der Waals surface area contributed by atoms with Crippen molar-refractivity contribution in [3.63, 3.8) is 0 Å². The Morgan fingerprint density at radius 1 is 0.452 bits per heavy atom. The summed E-state index contributed by atoms with van der Waals surface area (Å²) in [5.74, 6) is 2.10. The Morgan fingerprint density at radius 2 is 0.823 bits per heavy atom. The van der Waals surface area contributed by atoms with Crippen molar-refractivity contribution in [1.82, 2.24) is 39.5 Å². The number of aromatic amines is 2. The number of aromatic nitrogens is 4. The maximum absolute atomic E-state index is 14.4. The quantitative estimate of drug-likeness (QED) is 0.135. The van der Waals surface area contributed by atoms with Gasteiger partial charge < -0.3 is 19.8 Å². The van der Waals surface area contributed by atoms with E-state index in [9.17, 15) is 9.59 Å². The van der Waals surface area contributed by atoms with E-state index in [0.29, 0.717) is 0 Å². The van der Waals surface area contributed by atoms with Crippen LogP contribution in [0.5, 0.6) is 0 Å². The van der Waals surface area contributed by atoms with Crippen LogP contribution in [-0.2, 0) is 9.59 Å². The lowest BCUT2D eigenvalue weighted by molar-refractivity contribution is -0.139. The second-order valence-electron chi connectivity index (χ2n) is 17.7. The number of nitrogens with zero attached hydrogens (tertiary/aromatic N) is 6. The number of rotatable bonds is 11. The number of nitrogens with one attached hydrogen (secondary N) is 2. The summed E-state index contributed by atoms with van der Waals surface area (Å²) in [5, 5.41) is 0. The van der Waals surface area contributed by atoms with E-state index < -0.39 is 0 Å². The van der Waals surface area contributed by atoms with E-state index in [1.54, 1.807) is 0 Å². The standard InChI is InChI=1S/C52H58N8O2/c61-51(47(41-15-5-1-6-16-41)57-29-9-3-10-30-57)59-33-13-19-45(59)49-53-35-43(55-49)39-25-21-37(22-26-39)38-23-27-40(28-24-38)44-36-54-50(56-44)46-20-14-34-60(46)52(62)48(42-17-7-2-8-18-42)58-31-11-4-12-32-58/h1-2,5-8,15-18,21-28,35-36,45-48H,3-4,9-14,19-20,29-34H2,(H,53,55)(H,54,56)/t45-,46-,47+,48+/m0/s1. The first-order valence-corrected chi connectivity index (χ1v) is 23.1. The molecule has 4 aromatic carbocycles. The lowest BCUT2D eigenvalue weighted by atomic mass is 10.00. The summed E-state index contributed by atoms with van der Waals surface area (Å²) in [4.78, 5) is 54.7. The largest absolute Gasteiger partial charge is 0.340 e. The molecule has 6 aromatic rings. The van der Waals surface area contributed by atoms with Crippen molar-refractivity contribution < 1.29 is 9.59 Å². The highest BCUT2D eigenvalue weighted by Gasteiger charge is 2.40. The van der Waals surface area contributed by atoms with Gasteiger partial charge in [-0.15, -0.1) is 0 Å². The first-order chi connectivity index (χ1) is 30.6. The highest BCUT2D eigenvalue weighted by atomic mass is 16.2. The van der Waals surface area contributed by atoms with Gasteiger partial charge in [0.15, 0.2) is 0 Å². The lowest BCUT2D eigenvalue weighted by Gasteiger charge is -2.37. The van der Waals surface area contributed by atoms with Gasteiger partial charge in [-0.05, 0) is 111 Å². The number of hydrogen-bond acceptors (Lipinski definition) is 6. The first kappa shape index (κ1) is 40.2. The topological polar surface area (TPSA) is 104 Å². The van der Waals surface area contributed by atoms with Crippen molar-refractivity contribution in [2.45, 2.75) is 88.4 Å². The second-order valence-corrected chi connectivity index (χ2v) is 17.7. The van der Waals surface area contributed by atoms with E-state index in [-0.39, 0.29) is 36.0 Å². The summed E-state index contributed by atoms with van der Waals surface area (Å²) in [6, 6.07) is 37.2. The van der Waals surface area contributed by atoms with Crippen LogP contribution in [0, 0.1) is 0 Å². The average Bonchev–Trinajstić information content (AvgIpc) is 4.19. The molecule has 4 atom stereocenters. The van der Waals surface area contributed by atoms with Crippen molar-refractivity contribution in [1.29, 1.82) is 0 Å². The average molecular weight is 827 g/mol. The molecule has 0 radical (unpaired) electrons. The van der Waals surface area contributed by atoms with Gasteiger partial charge in [-0.25, -0.2) is 9.97 Å². The van der Waals surface area contributed by atoms with Crippen LogP contribution in [-0.4, -0.2) is 90.6 Å². The molecule has 62 heavy (non-hydrogen) atoms. The fraction of sp³-hybridized carbons (Fsp3) is 0.385. The van der Waals surface area contributed by atoms with Crippen LogP contribution >= 0.6 is 0 Å². The Morgan fingerprint density at radius 3 is 1.21 bits per heavy atom. The monoisotopic (exact) mass is 826 g/mol. The molecule has 4 aliphatic heterocycles. The van der Waals surface area contributed by atoms with Crippen LogP contribution in [0.25, 0.3) is 33.6 Å². The van der Waals surface area contributed by atoms with E-state index in [0.717, 1.165) is 147 Å². The van der Waals surface area contributed by atoms with E-state index in [4.69, 9.17) is 9.97 Å². The number of likely N-dealkylation sites (tertiary alicyclic amines) is 4. The highest BCUT2D eigenvalue weighted by Crippen LogP contribution is 2.39. The van der Waals surface area contributed by atoms with Crippen LogP contribution < -0.4 is 0 Å². The van der Waals surface area contributed by atoms with Gasteiger partial charge in [0, 0.05) is 13.1 Å². The molecule has 10 rings (SSSR count). The van der Waals surface area contributed by atoms with Gasteiger partial charge in [0.05, 0.1) is 35.9 Å². The predicted octanol–water partition coefficient (Wildman–Crippen LogP) is 9.92. The molecule has 10 nitrogen and oxygen atoms in total. The first-order valence-electron chi connectivity index (χ1n) is 23.1. The molecule has 318 valence electrons. The minimum Gasteiger partial charge on any atom is -0.340 e. The normalized spacial score (nSPS) is 21.0. The lowest BCUT2D eigenvalue weighted by Crippen LogP contribution is -2.44. The van der Waals surface area contributed by atoms with Crippen molar-refractivity contribution >= 4 is 11.8 Å². The van der Waals surface area contributed by atoms with Crippen LogP contribution in [0.4, 0.5) is 0 Å². The van der Waals surface area contributed by atoms with Gasteiger partial charge >= 0.3 is 0 Å². The van der Waals surface area contributed by atoms with Crippen molar-refractivity contribution in [2.75, 3.05) is 39.3 Å². The summed E-state index contributed by atoms with van der Waals surface area (Å²) in [5.41, 5.74) is 8.45. The molecule has 0 spiro atoms. The Bertz CT molecular complexity index is 2240.